The van der Waals surface area contributed by atoms with Gasteiger partial charge in [-0.2, -0.15) is 0 Å². The van der Waals surface area contributed by atoms with E-state index in [9.17, 15) is 9.90 Å². The number of nitrogens with zero attached hydrogens (tertiary/aromatic N) is 3. The molecule has 1 aliphatic heterocycles. The zero-order valence-corrected chi connectivity index (χ0v) is 13.3. The van der Waals surface area contributed by atoms with Crippen LogP contribution in [0.1, 0.15) is 23.2 Å². The molecule has 0 spiro atoms. The first-order valence-corrected chi connectivity index (χ1v) is 8.56. The predicted molar refractivity (Wildman–Crippen MR) is 86.5 cm³/mol. The van der Waals surface area contributed by atoms with Crippen LogP contribution in [0.15, 0.2) is 41.8 Å². The maximum absolute atomic E-state index is 12.7. The van der Waals surface area contributed by atoms with Gasteiger partial charge in [0.1, 0.15) is 0 Å². The molecule has 1 aromatic heterocycles. The monoisotopic (exact) mass is 317 g/mol. The van der Waals surface area contributed by atoms with Gasteiger partial charge >= 0.3 is 0 Å². The number of hydrogen-bond donors (Lipinski definition) is 1. The summed E-state index contributed by atoms with van der Waals surface area (Å²) >= 11 is 1.56. The summed E-state index contributed by atoms with van der Waals surface area (Å²) in [7, 11) is 0. The first-order chi connectivity index (χ1) is 10.7. The first-order valence-electron chi connectivity index (χ1n) is 7.34. The zero-order valence-electron chi connectivity index (χ0n) is 12.5. The number of carbonyl (C=O) groups is 1. The number of rotatable bonds is 4. The normalized spacial score (nSPS) is 17.9. The number of aliphatic hydroxyl groups excluding tert-OH is 1. The summed E-state index contributed by atoms with van der Waals surface area (Å²) in [5, 5.41) is 10.3. The van der Waals surface area contributed by atoms with Crippen molar-refractivity contribution in [1.29, 1.82) is 0 Å². The van der Waals surface area contributed by atoms with Crippen molar-refractivity contribution in [3.8, 4) is 5.69 Å². The summed E-state index contributed by atoms with van der Waals surface area (Å²) < 4.78 is 1.97. The van der Waals surface area contributed by atoms with E-state index in [0.717, 1.165) is 30.2 Å². The molecule has 22 heavy (non-hydrogen) atoms. The van der Waals surface area contributed by atoms with Crippen LogP contribution in [0.3, 0.4) is 0 Å². The van der Waals surface area contributed by atoms with Crippen LogP contribution in [0.25, 0.3) is 5.69 Å². The summed E-state index contributed by atoms with van der Waals surface area (Å²) in [6.07, 6.45) is 7.45. The molecular formula is C16H19N3O2S. The third kappa shape index (κ3) is 2.76. The SMILES string of the molecule is CSc1nccn1-c1cccc(C(=O)N2CCC[C@@H]2CO)c1. The number of carbonyl (C=O) groups excluding carboxylic acids is 1. The largest absolute Gasteiger partial charge is 0.394 e. The molecule has 1 saturated heterocycles. The molecule has 2 aromatic rings. The average molecular weight is 317 g/mol. The molecule has 0 unspecified atom stereocenters. The van der Waals surface area contributed by atoms with Gasteiger partial charge in [0.05, 0.1) is 12.6 Å². The molecule has 116 valence electrons. The molecule has 1 atom stereocenters. The fraction of sp³-hybridized carbons (Fsp3) is 0.375. The Bertz CT molecular complexity index is 671. The van der Waals surface area contributed by atoms with Crippen molar-refractivity contribution in [3.63, 3.8) is 0 Å². The van der Waals surface area contributed by atoms with Crippen molar-refractivity contribution in [2.45, 2.75) is 24.0 Å². The maximum Gasteiger partial charge on any atom is 0.254 e. The molecular weight excluding hydrogens is 298 g/mol. The fourth-order valence-electron chi connectivity index (χ4n) is 2.88. The van der Waals surface area contributed by atoms with E-state index in [1.54, 1.807) is 22.9 Å². The average Bonchev–Trinajstić information content (AvgIpc) is 3.22. The van der Waals surface area contributed by atoms with Gasteiger partial charge < -0.3 is 10.0 Å². The number of thioether (sulfide) groups is 1. The Balaban J connectivity index is 1.89. The van der Waals surface area contributed by atoms with Crippen molar-refractivity contribution < 1.29 is 9.90 Å². The summed E-state index contributed by atoms with van der Waals surface area (Å²) in [5.74, 6) is -0.00998. The molecule has 1 aromatic carbocycles. The Morgan fingerprint density at radius 3 is 3.14 bits per heavy atom. The Morgan fingerprint density at radius 1 is 1.50 bits per heavy atom. The van der Waals surface area contributed by atoms with Crippen LogP contribution >= 0.6 is 11.8 Å². The van der Waals surface area contributed by atoms with Gasteiger partial charge in [0.25, 0.3) is 5.91 Å². The number of hydrogen-bond acceptors (Lipinski definition) is 4. The Hall–Kier alpha value is -1.79. The van der Waals surface area contributed by atoms with E-state index in [1.165, 1.54) is 0 Å². The second-order valence-corrected chi connectivity index (χ2v) is 6.08. The lowest BCUT2D eigenvalue weighted by Crippen LogP contribution is -2.37. The number of imidazole rings is 1. The summed E-state index contributed by atoms with van der Waals surface area (Å²) in [5.41, 5.74) is 1.58. The van der Waals surface area contributed by atoms with Crippen LogP contribution in [-0.4, -0.2) is 50.9 Å². The van der Waals surface area contributed by atoms with Gasteiger partial charge in [0.2, 0.25) is 0 Å². The van der Waals surface area contributed by atoms with Gasteiger partial charge in [0.15, 0.2) is 5.16 Å². The van der Waals surface area contributed by atoms with Gasteiger partial charge in [-0.3, -0.25) is 9.36 Å². The van der Waals surface area contributed by atoms with E-state index in [-0.39, 0.29) is 18.6 Å². The highest BCUT2D eigenvalue weighted by atomic mass is 32.2. The molecule has 1 amide bonds. The lowest BCUT2D eigenvalue weighted by molar-refractivity contribution is 0.0677. The Kier molecular flexibility index (Phi) is 4.49. The fourth-order valence-corrected chi connectivity index (χ4v) is 3.41. The lowest BCUT2D eigenvalue weighted by Gasteiger charge is -2.23. The number of benzene rings is 1. The number of likely N-dealkylation sites (tertiary alicyclic amines) is 1. The van der Waals surface area contributed by atoms with Crippen molar-refractivity contribution in [1.82, 2.24) is 14.5 Å². The molecule has 0 bridgehead atoms. The van der Waals surface area contributed by atoms with Crippen molar-refractivity contribution >= 4 is 17.7 Å². The molecule has 0 aliphatic carbocycles. The molecule has 3 rings (SSSR count). The van der Waals surface area contributed by atoms with Gasteiger partial charge in [-0.1, -0.05) is 17.8 Å². The standard InChI is InChI=1S/C16H19N3O2S/c1-22-16-17-7-9-19(16)13-5-2-4-12(10-13)15(21)18-8-3-6-14(18)11-20/h2,4-5,7,9-10,14,20H,3,6,8,11H2,1H3/t14-/m1/s1. The van der Waals surface area contributed by atoms with Gasteiger partial charge in [-0.15, -0.1) is 0 Å². The smallest absolute Gasteiger partial charge is 0.254 e. The topological polar surface area (TPSA) is 58.4 Å². The molecule has 1 N–H and O–H groups in total. The van der Waals surface area contributed by atoms with E-state index in [0.29, 0.717) is 5.56 Å². The molecule has 0 radical (unpaired) electrons. The van der Waals surface area contributed by atoms with Crippen LogP contribution < -0.4 is 0 Å². The van der Waals surface area contributed by atoms with Crippen LogP contribution in [0, 0.1) is 0 Å². The minimum Gasteiger partial charge on any atom is -0.394 e. The van der Waals surface area contributed by atoms with Crippen molar-refractivity contribution in [2.24, 2.45) is 0 Å². The van der Waals surface area contributed by atoms with E-state index in [1.807, 2.05) is 41.3 Å². The highest BCUT2D eigenvalue weighted by Gasteiger charge is 2.28. The van der Waals surface area contributed by atoms with Crippen LogP contribution in [0.2, 0.25) is 0 Å². The number of amides is 1. The molecule has 2 heterocycles. The minimum absolute atomic E-state index is 0.00998. The molecule has 5 nitrogen and oxygen atoms in total. The van der Waals surface area contributed by atoms with E-state index in [4.69, 9.17) is 0 Å². The highest BCUT2D eigenvalue weighted by molar-refractivity contribution is 7.98. The minimum atomic E-state index is -0.0499. The molecule has 6 heteroatoms. The van der Waals surface area contributed by atoms with Gasteiger partial charge in [0, 0.05) is 30.2 Å². The van der Waals surface area contributed by atoms with Crippen LogP contribution in [0.4, 0.5) is 0 Å². The van der Waals surface area contributed by atoms with E-state index < -0.39 is 0 Å². The van der Waals surface area contributed by atoms with Crippen molar-refractivity contribution in [2.75, 3.05) is 19.4 Å². The van der Waals surface area contributed by atoms with Crippen molar-refractivity contribution in [3.05, 3.63) is 42.2 Å². The van der Waals surface area contributed by atoms with Crippen LogP contribution in [0.5, 0.6) is 0 Å². The maximum atomic E-state index is 12.7. The predicted octanol–water partition coefficient (Wildman–Crippen LogP) is 2.19. The number of aliphatic hydroxyl groups is 1. The Labute approximate surface area is 134 Å². The van der Waals surface area contributed by atoms with Gasteiger partial charge in [-0.05, 0) is 37.3 Å². The zero-order chi connectivity index (χ0) is 15.5. The Morgan fingerprint density at radius 2 is 2.36 bits per heavy atom. The first kappa shape index (κ1) is 15.1. The number of aromatic nitrogens is 2. The summed E-state index contributed by atoms with van der Waals surface area (Å²) in [6, 6.07) is 7.51. The highest BCUT2D eigenvalue weighted by Crippen LogP contribution is 2.22. The summed E-state index contributed by atoms with van der Waals surface area (Å²) in [4.78, 5) is 18.7. The third-order valence-corrected chi connectivity index (χ3v) is 4.68. The second kappa shape index (κ2) is 6.54. The molecule has 1 fully saturated rings. The second-order valence-electron chi connectivity index (χ2n) is 5.31. The third-order valence-electron chi connectivity index (χ3n) is 4.01. The van der Waals surface area contributed by atoms with Crippen LogP contribution in [-0.2, 0) is 0 Å². The van der Waals surface area contributed by atoms with Gasteiger partial charge in [-0.25, -0.2) is 4.98 Å². The molecule has 0 saturated carbocycles. The quantitative estimate of drug-likeness (QED) is 0.878. The lowest BCUT2D eigenvalue weighted by atomic mass is 10.1. The van der Waals surface area contributed by atoms with E-state index in [2.05, 4.69) is 4.98 Å². The molecule has 1 aliphatic rings. The van der Waals surface area contributed by atoms with E-state index >= 15 is 0 Å². The summed E-state index contributed by atoms with van der Waals surface area (Å²) in [6.45, 7) is 0.749.